The molecule has 0 saturated heterocycles. The maximum absolute atomic E-state index is 13.7. The van der Waals surface area contributed by atoms with E-state index in [2.05, 4.69) is 84.3 Å². The predicted molar refractivity (Wildman–Crippen MR) is 142 cm³/mol. The van der Waals surface area contributed by atoms with E-state index in [4.69, 9.17) is 4.98 Å². The Morgan fingerprint density at radius 2 is 1.29 bits per heavy atom. The zero-order chi connectivity index (χ0) is 23.7. The number of hydrogen-bond acceptors (Lipinski definition) is 4. The van der Waals surface area contributed by atoms with Crippen LogP contribution in [0, 0.1) is 0 Å². The molecule has 4 nitrogen and oxygen atoms in total. The molecule has 35 heavy (non-hydrogen) atoms. The van der Waals surface area contributed by atoms with Gasteiger partial charge in [0.25, 0.3) is 0 Å². The molecule has 0 spiro atoms. The summed E-state index contributed by atoms with van der Waals surface area (Å²) in [5, 5.41) is 0. The van der Waals surface area contributed by atoms with Crippen LogP contribution in [0.3, 0.4) is 0 Å². The molecule has 1 aromatic heterocycles. The Hall–Kier alpha value is -4.44. The molecule has 3 aliphatic carbocycles. The first-order valence-electron chi connectivity index (χ1n) is 12.0. The number of aromatic nitrogens is 1. The van der Waals surface area contributed by atoms with Crippen LogP contribution in [0.1, 0.15) is 29.8 Å². The van der Waals surface area contributed by atoms with Gasteiger partial charge in [-0.2, -0.15) is 0 Å². The molecule has 4 aliphatic rings. The topological polar surface area (TPSA) is 36.4 Å². The Balaban J connectivity index is 1.42. The van der Waals surface area contributed by atoms with Crippen LogP contribution in [0.25, 0.3) is 22.3 Å². The molecule has 7 rings (SSSR count). The molecule has 0 fully saturated rings. The zero-order valence-electron chi connectivity index (χ0n) is 19.6. The van der Waals surface area contributed by atoms with E-state index in [-0.39, 0.29) is 11.8 Å². The van der Waals surface area contributed by atoms with Crippen molar-refractivity contribution < 1.29 is 4.79 Å². The molecular weight excluding hydrogens is 430 g/mol. The molecule has 3 aromatic rings. The van der Waals surface area contributed by atoms with Crippen LogP contribution in [0.15, 0.2) is 97.2 Å². The van der Waals surface area contributed by atoms with Crippen LogP contribution in [-0.4, -0.2) is 16.8 Å². The van der Waals surface area contributed by atoms with Gasteiger partial charge in [-0.3, -0.25) is 9.69 Å². The Bertz CT molecular complexity index is 1570. The van der Waals surface area contributed by atoms with Crippen molar-refractivity contribution in [2.45, 2.75) is 19.9 Å². The quantitative estimate of drug-likeness (QED) is 0.269. The smallest absolute Gasteiger partial charge is 0.195 e. The van der Waals surface area contributed by atoms with Gasteiger partial charge in [0.05, 0.1) is 22.7 Å². The first-order valence-corrected chi connectivity index (χ1v) is 12.0. The molecule has 168 valence electrons. The SMILES string of the molecule is CC(C)N1c2ccccc2N(c2cc3c(cn2)-c2cc4cccccc-4c2C3=O)c2ccccc21. The first-order chi connectivity index (χ1) is 17.1. The van der Waals surface area contributed by atoms with Crippen LogP contribution in [-0.2, 0) is 0 Å². The highest BCUT2D eigenvalue weighted by Crippen LogP contribution is 2.52. The number of fused-ring (bicyclic) bond motifs is 7. The van der Waals surface area contributed by atoms with E-state index in [0.717, 1.165) is 61.9 Å². The summed E-state index contributed by atoms with van der Waals surface area (Å²) < 4.78 is 0. The largest absolute Gasteiger partial charge is 0.336 e. The Labute approximate surface area is 204 Å². The van der Waals surface area contributed by atoms with Crippen molar-refractivity contribution in [2.75, 3.05) is 9.80 Å². The molecule has 2 aromatic carbocycles. The maximum Gasteiger partial charge on any atom is 0.195 e. The van der Waals surface area contributed by atoms with Crippen molar-refractivity contribution >= 4 is 34.4 Å². The van der Waals surface area contributed by atoms with Crippen molar-refractivity contribution in [1.82, 2.24) is 4.98 Å². The van der Waals surface area contributed by atoms with E-state index in [1.165, 1.54) is 0 Å². The summed E-state index contributed by atoms with van der Waals surface area (Å²) in [5.74, 6) is 0.822. The third kappa shape index (κ3) is 2.74. The van der Waals surface area contributed by atoms with Gasteiger partial charge < -0.3 is 4.90 Å². The number of nitrogens with zero attached hydrogens (tertiary/aromatic N) is 3. The fraction of sp³-hybridized carbons (Fsp3) is 0.0968. The highest BCUT2D eigenvalue weighted by atomic mass is 16.1. The monoisotopic (exact) mass is 453 g/mol. The average Bonchev–Trinajstić information content (AvgIpc) is 3.25. The normalized spacial score (nSPS) is 13.6. The summed E-state index contributed by atoms with van der Waals surface area (Å²) in [5.41, 5.74) is 9.85. The van der Waals surface area contributed by atoms with E-state index in [1.54, 1.807) is 0 Å². The molecule has 0 bridgehead atoms. The third-order valence-electron chi connectivity index (χ3n) is 7.07. The fourth-order valence-electron chi connectivity index (χ4n) is 5.62. The first kappa shape index (κ1) is 20.0. The van der Waals surface area contributed by atoms with E-state index >= 15 is 0 Å². The maximum atomic E-state index is 13.7. The van der Waals surface area contributed by atoms with Gasteiger partial charge >= 0.3 is 0 Å². The molecule has 0 atom stereocenters. The van der Waals surface area contributed by atoms with Crippen molar-refractivity contribution in [3.05, 3.63) is 108 Å². The number of ketones is 1. The Morgan fingerprint density at radius 1 is 0.657 bits per heavy atom. The highest BCUT2D eigenvalue weighted by molar-refractivity contribution is 6.26. The second kappa shape index (κ2) is 7.28. The summed E-state index contributed by atoms with van der Waals surface area (Å²) in [6, 6.07) is 31.3. The van der Waals surface area contributed by atoms with Gasteiger partial charge in [-0.15, -0.1) is 0 Å². The number of pyridine rings is 1. The third-order valence-corrected chi connectivity index (χ3v) is 7.07. The van der Waals surface area contributed by atoms with Crippen molar-refractivity contribution in [2.24, 2.45) is 0 Å². The van der Waals surface area contributed by atoms with Gasteiger partial charge in [-0.1, -0.05) is 54.6 Å². The van der Waals surface area contributed by atoms with Crippen molar-refractivity contribution in [3.63, 3.8) is 0 Å². The molecule has 0 N–H and O–H groups in total. The molecule has 0 amide bonds. The van der Waals surface area contributed by atoms with Gasteiger partial charge in [0, 0.05) is 28.9 Å². The van der Waals surface area contributed by atoms with Crippen LogP contribution in [0.2, 0.25) is 0 Å². The lowest BCUT2D eigenvalue weighted by atomic mass is 10.0. The lowest BCUT2D eigenvalue weighted by molar-refractivity contribution is 0.104. The van der Waals surface area contributed by atoms with Crippen molar-refractivity contribution in [3.8, 4) is 22.3 Å². The highest BCUT2D eigenvalue weighted by Gasteiger charge is 2.35. The van der Waals surface area contributed by atoms with Gasteiger partial charge in [-0.05, 0) is 66.9 Å². The van der Waals surface area contributed by atoms with Crippen LogP contribution in [0.5, 0.6) is 0 Å². The molecule has 0 saturated carbocycles. The van der Waals surface area contributed by atoms with Crippen LogP contribution >= 0.6 is 0 Å². The number of carbonyl (C=O) groups excluding carboxylic acids is 1. The molecule has 1 aliphatic heterocycles. The standard InChI is InChI=1S/C31H23N3O/c1-19(2)33-25-12-6-8-14-27(25)34(28-15-9-7-13-26(28)33)29-17-23-24(18-32-29)22-16-20-10-4-3-5-11-21(20)30(22)31(23)35/h3-19H,1-2H3. The second-order valence-electron chi connectivity index (χ2n) is 9.41. The van der Waals surface area contributed by atoms with Crippen LogP contribution < -0.4 is 9.80 Å². The minimum atomic E-state index is 0.0715. The minimum absolute atomic E-state index is 0.0715. The lowest BCUT2D eigenvalue weighted by Gasteiger charge is -2.41. The Kier molecular flexibility index (Phi) is 4.15. The molecule has 2 heterocycles. The molecule has 0 unspecified atom stereocenters. The minimum Gasteiger partial charge on any atom is -0.336 e. The van der Waals surface area contributed by atoms with Crippen LogP contribution in [0.4, 0.5) is 28.6 Å². The predicted octanol–water partition coefficient (Wildman–Crippen LogP) is 7.73. The fourth-order valence-corrected chi connectivity index (χ4v) is 5.62. The number of carbonyl (C=O) groups is 1. The number of benzene rings is 2. The molecular formula is C31H23N3O. The number of anilines is 5. The number of para-hydroxylation sites is 4. The molecule has 0 radical (unpaired) electrons. The average molecular weight is 454 g/mol. The van der Waals surface area contributed by atoms with Gasteiger partial charge in [0.15, 0.2) is 5.78 Å². The summed E-state index contributed by atoms with van der Waals surface area (Å²) in [6.45, 7) is 4.41. The van der Waals surface area contributed by atoms with Gasteiger partial charge in [0.2, 0.25) is 0 Å². The van der Waals surface area contributed by atoms with Gasteiger partial charge in [-0.25, -0.2) is 4.98 Å². The number of rotatable bonds is 2. The van der Waals surface area contributed by atoms with E-state index in [0.29, 0.717) is 0 Å². The Morgan fingerprint density at radius 3 is 1.97 bits per heavy atom. The van der Waals surface area contributed by atoms with Gasteiger partial charge in [0.1, 0.15) is 5.82 Å². The summed E-state index contributed by atoms with van der Waals surface area (Å²) in [7, 11) is 0. The summed E-state index contributed by atoms with van der Waals surface area (Å²) in [4.78, 5) is 23.1. The van der Waals surface area contributed by atoms with E-state index in [9.17, 15) is 4.79 Å². The van der Waals surface area contributed by atoms with E-state index < -0.39 is 0 Å². The number of hydrogen-bond donors (Lipinski definition) is 0. The van der Waals surface area contributed by atoms with E-state index in [1.807, 2.05) is 36.5 Å². The second-order valence-corrected chi connectivity index (χ2v) is 9.41. The van der Waals surface area contributed by atoms with Crippen molar-refractivity contribution in [1.29, 1.82) is 0 Å². The molecule has 4 heteroatoms. The zero-order valence-corrected chi connectivity index (χ0v) is 19.6. The summed E-state index contributed by atoms with van der Waals surface area (Å²) >= 11 is 0. The lowest BCUT2D eigenvalue weighted by Crippen LogP contribution is -2.32. The summed E-state index contributed by atoms with van der Waals surface area (Å²) in [6.07, 6.45) is 1.87.